The molecule has 0 aliphatic heterocycles. The van der Waals surface area contributed by atoms with E-state index in [0.29, 0.717) is 18.5 Å². The molecule has 19 heavy (non-hydrogen) atoms. The van der Waals surface area contributed by atoms with Crippen LogP contribution >= 0.6 is 0 Å². The maximum Gasteiger partial charge on any atom is 0.251 e. The normalized spacial score (nSPS) is 16.3. The van der Waals surface area contributed by atoms with Gasteiger partial charge in [-0.15, -0.1) is 0 Å². The molecule has 3 N–H and O–H groups in total. The zero-order valence-electron chi connectivity index (χ0n) is 10.7. The van der Waals surface area contributed by atoms with Crippen LogP contribution in [-0.4, -0.2) is 12.5 Å². The highest BCUT2D eigenvalue weighted by Gasteiger charge is 2.16. The molecule has 104 valence electrons. The topological polar surface area (TPSA) is 55.1 Å². The lowest BCUT2D eigenvalue weighted by atomic mass is 9.89. The fourth-order valence-corrected chi connectivity index (χ4v) is 2.52. The van der Waals surface area contributed by atoms with Crippen molar-refractivity contribution in [2.24, 2.45) is 11.7 Å². The van der Waals surface area contributed by atoms with Gasteiger partial charge in [-0.2, -0.15) is 0 Å². The Balaban J connectivity index is 2.06. The molecular formula is C14H18F2N2O. The molecule has 0 heterocycles. The Morgan fingerprint density at radius 3 is 2.53 bits per heavy atom. The zero-order valence-corrected chi connectivity index (χ0v) is 10.7. The van der Waals surface area contributed by atoms with Crippen LogP contribution in [0.3, 0.4) is 0 Å². The van der Waals surface area contributed by atoms with Crippen molar-refractivity contribution in [3.8, 4) is 0 Å². The molecule has 0 spiro atoms. The molecule has 1 aromatic carbocycles. The van der Waals surface area contributed by atoms with Gasteiger partial charge >= 0.3 is 0 Å². The number of primary amides is 1. The van der Waals surface area contributed by atoms with E-state index in [1.807, 2.05) is 0 Å². The smallest absolute Gasteiger partial charge is 0.251 e. The van der Waals surface area contributed by atoms with Crippen LogP contribution in [0.5, 0.6) is 0 Å². The summed E-state index contributed by atoms with van der Waals surface area (Å²) >= 11 is 0. The van der Waals surface area contributed by atoms with Crippen molar-refractivity contribution >= 4 is 11.6 Å². The minimum Gasteiger partial charge on any atom is -0.382 e. The van der Waals surface area contributed by atoms with Gasteiger partial charge < -0.3 is 11.1 Å². The molecule has 0 bridgehead atoms. The van der Waals surface area contributed by atoms with Gasteiger partial charge in [-0.1, -0.05) is 19.3 Å². The molecule has 0 atom stereocenters. The van der Waals surface area contributed by atoms with Crippen LogP contribution in [0.4, 0.5) is 14.5 Å². The maximum absolute atomic E-state index is 13.6. The fraction of sp³-hybridized carbons (Fsp3) is 0.500. The first-order chi connectivity index (χ1) is 9.08. The summed E-state index contributed by atoms with van der Waals surface area (Å²) in [4.78, 5) is 11.0. The molecule has 0 radical (unpaired) electrons. The van der Waals surface area contributed by atoms with Crippen molar-refractivity contribution < 1.29 is 13.6 Å². The predicted octanol–water partition coefficient (Wildman–Crippen LogP) is 3.06. The Bertz CT molecular complexity index is 471. The van der Waals surface area contributed by atoms with Crippen LogP contribution in [-0.2, 0) is 0 Å². The largest absolute Gasteiger partial charge is 0.382 e. The Morgan fingerprint density at radius 1 is 1.21 bits per heavy atom. The number of halogens is 2. The fourth-order valence-electron chi connectivity index (χ4n) is 2.52. The van der Waals surface area contributed by atoms with Gasteiger partial charge in [0.2, 0.25) is 0 Å². The maximum atomic E-state index is 13.6. The first-order valence-corrected chi connectivity index (χ1v) is 6.60. The summed E-state index contributed by atoms with van der Waals surface area (Å²) in [5.41, 5.74) is 4.90. The highest BCUT2D eigenvalue weighted by atomic mass is 19.1. The lowest BCUT2D eigenvalue weighted by Crippen LogP contribution is -2.19. The molecular weight excluding hydrogens is 250 g/mol. The van der Waals surface area contributed by atoms with Crippen LogP contribution in [0.2, 0.25) is 0 Å². The summed E-state index contributed by atoms with van der Waals surface area (Å²) in [6, 6.07) is 1.85. The van der Waals surface area contributed by atoms with Gasteiger partial charge in [-0.05, 0) is 24.8 Å². The first kappa shape index (κ1) is 13.8. The van der Waals surface area contributed by atoms with Crippen LogP contribution in [0, 0.1) is 17.6 Å². The van der Waals surface area contributed by atoms with E-state index in [1.165, 1.54) is 19.3 Å². The van der Waals surface area contributed by atoms with Gasteiger partial charge in [0, 0.05) is 12.6 Å². The number of hydrogen-bond acceptors (Lipinski definition) is 2. The van der Waals surface area contributed by atoms with E-state index in [-0.39, 0.29) is 11.3 Å². The van der Waals surface area contributed by atoms with Crippen molar-refractivity contribution in [1.29, 1.82) is 0 Å². The average Bonchev–Trinajstić information content (AvgIpc) is 2.38. The van der Waals surface area contributed by atoms with E-state index in [1.54, 1.807) is 0 Å². The molecule has 1 fully saturated rings. The third kappa shape index (κ3) is 3.43. The third-order valence-corrected chi connectivity index (χ3v) is 3.63. The quantitative estimate of drug-likeness (QED) is 0.881. The van der Waals surface area contributed by atoms with E-state index >= 15 is 0 Å². The molecule has 0 unspecified atom stereocenters. The Hall–Kier alpha value is -1.65. The molecule has 5 heteroatoms. The Labute approximate surface area is 111 Å². The highest BCUT2D eigenvalue weighted by Crippen LogP contribution is 2.25. The second-order valence-corrected chi connectivity index (χ2v) is 5.06. The van der Waals surface area contributed by atoms with E-state index < -0.39 is 17.5 Å². The SMILES string of the molecule is NC(=O)c1cc(NCC2CCCCC2)c(F)cc1F. The third-order valence-electron chi connectivity index (χ3n) is 3.63. The summed E-state index contributed by atoms with van der Waals surface area (Å²) in [6.45, 7) is 0.640. The average molecular weight is 268 g/mol. The van der Waals surface area contributed by atoms with E-state index in [4.69, 9.17) is 5.73 Å². The number of hydrogen-bond donors (Lipinski definition) is 2. The minimum absolute atomic E-state index is 0.140. The molecule has 1 amide bonds. The molecule has 2 rings (SSSR count). The number of anilines is 1. The van der Waals surface area contributed by atoms with Crippen LogP contribution in [0.25, 0.3) is 0 Å². The van der Waals surface area contributed by atoms with Gasteiger partial charge in [0.05, 0.1) is 11.3 Å². The van der Waals surface area contributed by atoms with Crippen LogP contribution in [0.15, 0.2) is 12.1 Å². The number of nitrogens with one attached hydrogen (secondary N) is 1. The number of carbonyl (C=O) groups excluding carboxylic acids is 1. The van der Waals surface area contributed by atoms with Gasteiger partial charge in [-0.25, -0.2) is 8.78 Å². The second-order valence-electron chi connectivity index (χ2n) is 5.06. The van der Waals surface area contributed by atoms with Gasteiger partial charge in [0.25, 0.3) is 5.91 Å². The van der Waals surface area contributed by atoms with Crippen molar-refractivity contribution in [3.05, 3.63) is 29.3 Å². The van der Waals surface area contributed by atoms with E-state index in [9.17, 15) is 13.6 Å². The number of rotatable bonds is 4. The monoisotopic (exact) mass is 268 g/mol. The zero-order chi connectivity index (χ0) is 13.8. The van der Waals surface area contributed by atoms with E-state index in [2.05, 4.69) is 5.32 Å². The predicted molar refractivity (Wildman–Crippen MR) is 69.9 cm³/mol. The van der Waals surface area contributed by atoms with Crippen molar-refractivity contribution in [2.45, 2.75) is 32.1 Å². The summed E-state index contributed by atoms with van der Waals surface area (Å²) in [7, 11) is 0. The van der Waals surface area contributed by atoms with Gasteiger partial charge in [-0.3, -0.25) is 4.79 Å². The van der Waals surface area contributed by atoms with Gasteiger partial charge in [0.1, 0.15) is 11.6 Å². The molecule has 1 aliphatic rings. The number of nitrogens with two attached hydrogens (primary N) is 1. The summed E-state index contributed by atoms with van der Waals surface area (Å²) in [5, 5.41) is 2.96. The number of amides is 1. The lowest BCUT2D eigenvalue weighted by molar-refractivity contribution is 0.0996. The van der Waals surface area contributed by atoms with E-state index in [0.717, 1.165) is 18.9 Å². The molecule has 1 saturated carbocycles. The Kier molecular flexibility index (Phi) is 4.35. The molecule has 0 aromatic heterocycles. The second kappa shape index (κ2) is 5.99. The lowest BCUT2D eigenvalue weighted by Gasteiger charge is -2.22. The summed E-state index contributed by atoms with van der Waals surface area (Å²) < 4.78 is 26.9. The van der Waals surface area contributed by atoms with Crippen molar-refractivity contribution in [1.82, 2.24) is 0 Å². The first-order valence-electron chi connectivity index (χ1n) is 6.60. The number of carbonyl (C=O) groups is 1. The Morgan fingerprint density at radius 2 is 1.89 bits per heavy atom. The molecule has 3 nitrogen and oxygen atoms in total. The summed E-state index contributed by atoms with van der Waals surface area (Å²) in [6.07, 6.45) is 5.90. The molecule has 1 aliphatic carbocycles. The molecule has 0 saturated heterocycles. The summed E-state index contributed by atoms with van der Waals surface area (Å²) in [5.74, 6) is -2.00. The minimum atomic E-state index is -0.923. The molecule has 1 aromatic rings. The van der Waals surface area contributed by atoms with Crippen molar-refractivity contribution in [3.63, 3.8) is 0 Å². The standard InChI is InChI=1S/C14H18F2N2O/c15-11-7-12(16)13(6-10(11)14(17)19)18-8-9-4-2-1-3-5-9/h6-7,9,18H,1-5,8H2,(H2,17,19). The van der Waals surface area contributed by atoms with Crippen molar-refractivity contribution in [2.75, 3.05) is 11.9 Å². The van der Waals surface area contributed by atoms with Crippen LogP contribution in [0.1, 0.15) is 42.5 Å². The van der Waals surface area contributed by atoms with Crippen LogP contribution < -0.4 is 11.1 Å². The highest BCUT2D eigenvalue weighted by molar-refractivity contribution is 5.94. The van der Waals surface area contributed by atoms with Gasteiger partial charge in [0.15, 0.2) is 0 Å². The number of benzene rings is 1.